The van der Waals surface area contributed by atoms with Gasteiger partial charge < -0.3 is 4.74 Å². The molecule has 0 aliphatic rings. The maximum absolute atomic E-state index is 11.8. The summed E-state index contributed by atoms with van der Waals surface area (Å²) in [5.41, 5.74) is 1.08. The van der Waals surface area contributed by atoms with Crippen LogP contribution in [0.1, 0.15) is 12.5 Å². The molecule has 0 amide bonds. The number of carbonyl (C=O) groups excluding carboxylic acids is 1. The van der Waals surface area contributed by atoms with Gasteiger partial charge in [0.05, 0.1) is 5.92 Å². The van der Waals surface area contributed by atoms with E-state index in [-0.39, 0.29) is 5.78 Å². The Kier molecular flexibility index (Phi) is 5.02. The van der Waals surface area contributed by atoms with E-state index in [2.05, 4.69) is 0 Å². The molecule has 0 aliphatic carbocycles. The van der Waals surface area contributed by atoms with Crippen molar-refractivity contribution in [2.45, 2.75) is 13.3 Å². The third kappa shape index (κ3) is 4.00. The Bertz CT molecular complexity index is 578. The highest BCUT2D eigenvalue weighted by Gasteiger charge is 2.22. The van der Waals surface area contributed by atoms with Crippen molar-refractivity contribution in [3.05, 3.63) is 66.2 Å². The van der Waals surface area contributed by atoms with Gasteiger partial charge in [0.15, 0.2) is 5.05 Å². The molecule has 3 heteroatoms. The average molecular weight is 284 g/mol. The molecule has 2 aromatic carbocycles. The van der Waals surface area contributed by atoms with Gasteiger partial charge in [0, 0.05) is 0 Å². The molecule has 1 atom stereocenters. The second-order valence-corrected chi connectivity index (χ2v) is 4.99. The van der Waals surface area contributed by atoms with Gasteiger partial charge in [-0.2, -0.15) is 0 Å². The van der Waals surface area contributed by atoms with Gasteiger partial charge in [0.25, 0.3) is 0 Å². The quantitative estimate of drug-likeness (QED) is 0.780. The fourth-order valence-electron chi connectivity index (χ4n) is 1.92. The highest BCUT2D eigenvalue weighted by atomic mass is 32.1. The van der Waals surface area contributed by atoms with Crippen LogP contribution in [0.3, 0.4) is 0 Å². The first-order valence-corrected chi connectivity index (χ1v) is 6.89. The van der Waals surface area contributed by atoms with E-state index >= 15 is 0 Å². The molecule has 0 N–H and O–H groups in total. The lowest BCUT2D eigenvalue weighted by molar-refractivity contribution is -0.119. The smallest absolute Gasteiger partial charge is 0.178 e. The molecule has 0 saturated heterocycles. The van der Waals surface area contributed by atoms with E-state index in [4.69, 9.17) is 17.0 Å². The Hall–Kier alpha value is -2.00. The maximum atomic E-state index is 11.8. The third-order valence-corrected chi connectivity index (χ3v) is 3.39. The molecule has 2 nitrogen and oxygen atoms in total. The molecule has 0 heterocycles. The summed E-state index contributed by atoms with van der Waals surface area (Å²) in [6.45, 7) is 1.55. The Labute approximate surface area is 124 Å². The van der Waals surface area contributed by atoms with Crippen LogP contribution in [0.15, 0.2) is 60.7 Å². The highest BCUT2D eigenvalue weighted by Crippen LogP contribution is 2.16. The Morgan fingerprint density at radius 3 is 2.15 bits per heavy atom. The Morgan fingerprint density at radius 2 is 1.60 bits per heavy atom. The lowest BCUT2D eigenvalue weighted by atomic mass is 9.96. The van der Waals surface area contributed by atoms with E-state index in [0.717, 1.165) is 5.56 Å². The average Bonchev–Trinajstić information content (AvgIpc) is 2.46. The molecule has 20 heavy (non-hydrogen) atoms. The Balaban J connectivity index is 2.09. The molecule has 1 unspecified atom stereocenters. The fraction of sp³-hybridized carbons (Fsp3) is 0.176. The van der Waals surface area contributed by atoms with Gasteiger partial charge in [-0.25, -0.2) is 0 Å². The minimum Gasteiger partial charge on any atom is -0.450 e. The van der Waals surface area contributed by atoms with Crippen LogP contribution in [-0.4, -0.2) is 10.8 Å². The first kappa shape index (κ1) is 14.4. The molecule has 0 aromatic heterocycles. The standard InChI is InChI=1S/C17H16O2S/c1-13(18)16(12-14-8-4-2-5-9-14)17(20)19-15-10-6-3-7-11-15/h2-11,16H,12H2,1H3. The predicted octanol–water partition coefficient (Wildman–Crippen LogP) is 3.84. The van der Waals surface area contributed by atoms with Crippen LogP contribution in [0.25, 0.3) is 0 Å². The summed E-state index contributed by atoms with van der Waals surface area (Å²) < 4.78 is 5.62. The van der Waals surface area contributed by atoms with Crippen LogP contribution in [0.4, 0.5) is 0 Å². The summed E-state index contributed by atoms with van der Waals surface area (Å²) in [6, 6.07) is 19.1. The lowest BCUT2D eigenvalue weighted by Gasteiger charge is -2.16. The van der Waals surface area contributed by atoms with E-state index in [1.165, 1.54) is 0 Å². The number of hydrogen-bond acceptors (Lipinski definition) is 3. The number of para-hydroxylation sites is 1. The van der Waals surface area contributed by atoms with E-state index in [9.17, 15) is 4.79 Å². The molecular formula is C17H16O2S. The zero-order valence-corrected chi connectivity index (χ0v) is 12.1. The van der Waals surface area contributed by atoms with Gasteiger partial charge >= 0.3 is 0 Å². The predicted molar refractivity (Wildman–Crippen MR) is 84.0 cm³/mol. The third-order valence-electron chi connectivity index (χ3n) is 3.02. The number of ether oxygens (including phenoxy) is 1. The molecule has 0 bridgehead atoms. The summed E-state index contributed by atoms with van der Waals surface area (Å²) in [5, 5.41) is 0.326. The van der Waals surface area contributed by atoms with Crippen LogP contribution >= 0.6 is 12.2 Å². The van der Waals surface area contributed by atoms with Gasteiger partial charge in [0.1, 0.15) is 11.5 Å². The van der Waals surface area contributed by atoms with E-state index in [0.29, 0.717) is 17.2 Å². The maximum Gasteiger partial charge on any atom is 0.178 e. The largest absolute Gasteiger partial charge is 0.450 e. The molecule has 2 aromatic rings. The molecule has 0 saturated carbocycles. The summed E-state index contributed by atoms with van der Waals surface area (Å²) in [4.78, 5) is 11.8. The minimum absolute atomic E-state index is 0.0229. The lowest BCUT2D eigenvalue weighted by Crippen LogP contribution is -2.27. The summed E-state index contributed by atoms with van der Waals surface area (Å²) in [6.07, 6.45) is 0.571. The topological polar surface area (TPSA) is 26.3 Å². The van der Waals surface area contributed by atoms with Crippen LogP contribution in [0.2, 0.25) is 0 Å². The van der Waals surface area contributed by atoms with Gasteiger partial charge in [-0.15, -0.1) is 0 Å². The first-order chi connectivity index (χ1) is 9.66. The summed E-state index contributed by atoms with van der Waals surface area (Å²) in [7, 11) is 0. The molecule has 0 spiro atoms. The number of rotatable bonds is 5. The van der Waals surface area contributed by atoms with Crippen molar-refractivity contribution < 1.29 is 9.53 Å². The fourth-order valence-corrected chi connectivity index (χ4v) is 2.26. The van der Waals surface area contributed by atoms with Crippen LogP contribution in [-0.2, 0) is 11.2 Å². The molecule has 0 radical (unpaired) electrons. The molecule has 0 fully saturated rings. The highest BCUT2D eigenvalue weighted by molar-refractivity contribution is 7.80. The van der Waals surface area contributed by atoms with Crippen LogP contribution in [0, 0.1) is 5.92 Å². The second kappa shape index (κ2) is 6.96. The van der Waals surface area contributed by atoms with E-state index in [1.54, 1.807) is 6.92 Å². The number of Topliss-reactive ketones (excluding diaryl/α,β-unsaturated/α-hetero) is 1. The molecule has 102 valence electrons. The van der Waals surface area contributed by atoms with Crippen LogP contribution < -0.4 is 4.74 Å². The number of carbonyl (C=O) groups is 1. The van der Waals surface area contributed by atoms with Crippen molar-refractivity contribution in [3.8, 4) is 5.75 Å². The Morgan fingerprint density at radius 1 is 1.05 bits per heavy atom. The van der Waals surface area contributed by atoms with Crippen LogP contribution in [0.5, 0.6) is 5.75 Å². The summed E-state index contributed by atoms with van der Waals surface area (Å²) >= 11 is 5.29. The zero-order chi connectivity index (χ0) is 14.4. The van der Waals surface area contributed by atoms with E-state index < -0.39 is 5.92 Å². The molecule has 0 aliphatic heterocycles. The molecule has 2 rings (SSSR count). The monoisotopic (exact) mass is 284 g/mol. The number of ketones is 1. The second-order valence-electron chi connectivity index (χ2n) is 4.59. The number of thiocarbonyl (C=S) groups is 1. The minimum atomic E-state index is -0.396. The number of benzene rings is 2. The summed E-state index contributed by atoms with van der Waals surface area (Å²) in [5.74, 6) is 0.291. The number of hydrogen-bond donors (Lipinski definition) is 0. The van der Waals surface area contributed by atoms with Gasteiger partial charge in [-0.1, -0.05) is 48.5 Å². The normalized spacial score (nSPS) is 11.7. The van der Waals surface area contributed by atoms with E-state index in [1.807, 2.05) is 60.7 Å². The van der Waals surface area contributed by atoms with Gasteiger partial charge in [0.2, 0.25) is 0 Å². The SMILES string of the molecule is CC(=O)C(Cc1ccccc1)C(=S)Oc1ccccc1. The van der Waals surface area contributed by atoms with Gasteiger partial charge in [-0.05, 0) is 43.3 Å². The zero-order valence-electron chi connectivity index (χ0n) is 11.3. The van der Waals surface area contributed by atoms with Crippen molar-refractivity contribution in [2.24, 2.45) is 5.92 Å². The van der Waals surface area contributed by atoms with Crippen molar-refractivity contribution in [1.29, 1.82) is 0 Å². The van der Waals surface area contributed by atoms with Crippen molar-refractivity contribution in [2.75, 3.05) is 0 Å². The molecular weight excluding hydrogens is 268 g/mol. The van der Waals surface area contributed by atoms with Gasteiger partial charge in [-0.3, -0.25) is 4.79 Å². The first-order valence-electron chi connectivity index (χ1n) is 6.48. The van der Waals surface area contributed by atoms with Crippen molar-refractivity contribution >= 4 is 23.1 Å². The van der Waals surface area contributed by atoms with Crippen molar-refractivity contribution in [1.82, 2.24) is 0 Å². The van der Waals surface area contributed by atoms with Crippen molar-refractivity contribution in [3.63, 3.8) is 0 Å².